The number of rotatable bonds is 4. The predicted molar refractivity (Wildman–Crippen MR) is 73.1 cm³/mol. The maximum absolute atomic E-state index is 12.1. The van der Waals surface area contributed by atoms with Gasteiger partial charge in [0.15, 0.2) is 0 Å². The predicted octanol–water partition coefficient (Wildman–Crippen LogP) is 1.52. The number of hydrogen-bond acceptors (Lipinski definition) is 3. The van der Waals surface area contributed by atoms with Crippen molar-refractivity contribution in [3.05, 3.63) is 47.3 Å². The van der Waals surface area contributed by atoms with Gasteiger partial charge in [0.05, 0.1) is 11.1 Å². The zero-order valence-corrected chi connectivity index (χ0v) is 12.0. The number of nitrogens with zero attached hydrogens (tertiary/aromatic N) is 2. The summed E-state index contributed by atoms with van der Waals surface area (Å²) in [6.45, 7) is 4.09. The summed E-state index contributed by atoms with van der Waals surface area (Å²) in [5.41, 5.74) is 2.87. The van der Waals surface area contributed by atoms with Gasteiger partial charge in [-0.05, 0) is 37.1 Å². The van der Waals surface area contributed by atoms with E-state index in [1.807, 2.05) is 19.9 Å². The highest BCUT2D eigenvalue weighted by Crippen LogP contribution is 2.14. The molecule has 2 aromatic rings. The van der Waals surface area contributed by atoms with Gasteiger partial charge >= 0.3 is 0 Å². The van der Waals surface area contributed by atoms with Crippen molar-refractivity contribution in [2.24, 2.45) is 7.05 Å². The lowest BCUT2D eigenvalue weighted by Gasteiger charge is -2.07. The van der Waals surface area contributed by atoms with Crippen LogP contribution < -0.4 is 4.72 Å². The molecule has 0 spiro atoms. The molecule has 0 aliphatic rings. The molecule has 19 heavy (non-hydrogen) atoms. The average Bonchev–Trinajstić information content (AvgIpc) is 2.76. The fraction of sp³-hybridized carbons (Fsp3) is 0.308. The van der Waals surface area contributed by atoms with Crippen LogP contribution in [-0.2, 0) is 23.6 Å². The minimum Gasteiger partial charge on any atom is -0.275 e. The van der Waals surface area contributed by atoms with Gasteiger partial charge in [0.2, 0.25) is 10.0 Å². The van der Waals surface area contributed by atoms with Crippen LogP contribution in [0, 0.1) is 13.8 Å². The third kappa shape index (κ3) is 3.21. The number of aryl methyl sites for hydroxylation is 3. The first-order valence-corrected chi connectivity index (χ1v) is 7.41. The van der Waals surface area contributed by atoms with E-state index < -0.39 is 10.0 Å². The van der Waals surface area contributed by atoms with Gasteiger partial charge in [0.1, 0.15) is 0 Å². The highest BCUT2D eigenvalue weighted by molar-refractivity contribution is 7.89. The van der Waals surface area contributed by atoms with Crippen molar-refractivity contribution in [3.8, 4) is 0 Å². The minimum absolute atomic E-state index is 0.239. The fourth-order valence-electron chi connectivity index (χ4n) is 1.71. The summed E-state index contributed by atoms with van der Waals surface area (Å²) >= 11 is 0. The van der Waals surface area contributed by atoms with Gasteiger partial charge in [-0.15, -0.1) is 0 Å². The van der Waals surface area contributed by atoms with Crippen molar-refractivity contribution in [2.75, 3.05) is 0 Å². The third-order valence-electron chi connectivity index (χ3n) is 3.01. The van der Waals surface area contributed by atoms with E-state index in [4.69, 9.17) is 0 Å². The highest BCUT2D eigenvalue weighted by Gasteiger charge is 2.14. The Morgan fingerprint density at radius 3 is 2.58 bits per heavy atom. The molecular formula is C13H17N3O2S. The topological polar surface area (TPSA) is 64.0 Å². The van der Waals surface area contributed by atoms with Gasteiger partial charge in [-0.25, -0.2) is 13.1 Å². The number of sulfonamides is 1. The molecule has 0 atom stereocenters. The monoisotopic (exact) mass is 279 g/mol. The molecule has 2 rings (SSSR count). The molecule has 0 aliphatic carbocycles. The van der Waals surface area contributed by atoms with Crippen molar-refractivity contribution >= 4 is 10.0 Å². The van der Waals surface area contributed by atoms with E-state index in [1.54, 1.807) is 36.3 Å². The Kier molecular flexibility index (Phi) is 3.73. The third-order valence-corrected chi connectivity index (χ3v) is 4.41. The van der Waals surface area contributed by atoms with Crippen molar-refractivity contribution in [3.63, 3.8) is 0 Å². The molecule has 1 N–H and O–H groups in total. The molecule has 0 unspecified atom stereocenters. The van der Waals surface area contributed by atoms with Gasteiger partial charge < -0.3 is 0 Å². The van der Waals surface area contributed by atoms with E-state index in [0.29, 0.717) is 4.90 Å². The van der Waals surface area contributed by atoms with Crippen LogP contribution in [0.1, 0.15) is 16.7 Å². The second-order valence-electron chi connectivity index (χ2n) is 4.59. The molecule has 1 aromatic heterocycles. The van der Waals surface area contributed by atoms with Crippen LogP contribution >= 0.6 is 0 Å². The molecule has 0 saturated heterocycles. The summed E-state index contributed by atoms with van der Waals surface area (Å²) in [5.74, 6) is 0. The molecule has 102 valence electrons. The number of nitrogens with one attached hydrogen (secondary N) is 1. The zero-order valence-electron chi connectivity index (χ0n) is 11.2. The van der Waals surface area contributed by atoms with Crippen LogP contribution in [0.5, 0.6) is 0 Å². The summed E-state index contributed by atoms with van der Waals surface area (Å²) < 4.78 is 28.5. The average molecular weight is 279 g/mol. The first kappa shape index (κ1) is 13.8. The van der Waals surface area contributed by atoms with Gasteiger partial charge in [0, 0.05) is 25.4 Å². The largest absolute Gasteiger partial charge is 0.275 e. The van der Waals surface area contributed by atoms with Gasteiger partial charge in [-0.1, -0.05) is 6.07 Å². The normalized spacial score (nSPS) is 11.7. The van der Waals surface area contributed by atoms with E-state index in [-0.39, 0.29) is 6.54 Å². The van der Waals surface area contributed by atoms with Gasteiger partial charge in [-0.3, -0.25) is 4.68 Å². The summed E-state index contributed by atoms with van der Waals surface area (Å²) in [4.78, 5) is 0.291. The van der Waals surface area contributed by atoms with Crippen molar-refractivity contribution < 1.29 is 8.42 Å². The lowest BCUT2D eigenvalue weighted by atomic mass is 10.1. The van der Waals surface area contributed by atoms with Crippen LogP contribution in [0.25, 0.3) is 0 Å². The molecule has 0 saturated carbocycles. The molecule has 0 amide bonds. The summed E-state index contributed by atoms with van der Waals surface area (Å²) in [6, 6.07) is 5.11. The molecule has 5 nitrogen and oxygen atoms in total. The molecular weight excluding hydrogens is 262 g/mol. The Bertz CT molecular complexity index is 690. The Morgan fingerprint density at radius 2 is 2.00 bits per heavy atom. The van der Waals surface area contributed by atoms with Crippen molar-refractivity contribution in [2.45, 2.75) is 25.3 Å². The number of benzene rings is 1. The smallest absolute Gasteiger partial charge is 0.240 e. The minimum atomic E-state index is -3.48. The first-order valence-electron chi connectivity index (χ1n) is 5.93. The van der Waals surface area contributed by atoms with E-state index in [2.05, 4.69) is 9.82 Å². The highest BCUT2D eigenvalue weighted by atomic mass is 32.2. The standard InChI is InChI=1S/C13H17N3O2S/c1-10-4-5-13(6-11(10)2)19(17,18)15-8-12-7-14-16(3)9-12/h4-7,9,15H,8H2,1-3H3. The lowest BCUT2D eigenvalue weighted by molar-refractivity contribution is 0.581. The molecule has 0 radical (unpaired) electrons. The second kappa shape index (κ2) is 5.14. The zero-order chi connectivity index (χ0) is 14.0. The molecule has 0 fully saturated rings. The number of aromatic nitrogens is 2. The summed E-state index contributed by atoms with van der Waals surface area (Å²) in [5, 5.41) is 4.00. The van der Waals surface area contributed by atoms with Crippen molar-refractivity contribution in [1.29, 1.82) is 0 Å². The van der Waals surface area contributed by atoms with Crippen LogP contribution in [0.4, 0.5) is 0 Å². The van der Waals surface area contributed by atoms with Crippen molar-refractivity contribution in [1.82, 2.24) is 14.5 Å². The van der Waals surface area contributed by atoms with Crippen LogP contribution in [0.3, 0.4) is 0 Å². The molecule has 1 aromatic carbocycles. The second-order valence-corrected chi connectivity index (χ2v) is 6.36. The summed E-state index contributed by atoms with van der Waals surface area (Å²) in [7, 11) is -1.68. The van der Waals surface area contributed by atoms with Gasteiger partial charge in [0.25, 0.3) is 0 Å². The Balaban J connectivity index is 2.16. The van der Waals surface area contributed by atoms with E-state index in [9.17, 15) is 8.42 Å². The van der Waals surface area contributed by atoms with Gasteiger partial charge in [-0.2, -0.15) is 5.10 Å². The first-order chi connectivity index (χ1) is 8.88. The lowest BCUT2D eigenvalue weighted by Crippen LogP contribution is -2.23. The SMILES string of the molecule is Cc1ccc(S(=O)(=O)NCc2cnn(C)c2)cc1C. The summed E-state index contributed by atoms with van der Waals surface area (Å²) in [6.07, 6.45) is 3.42. The molecule has 1 heterocycles. The molecule has 0 aliphatic heterocycles. The van der Waals surface area contributed by atoms with Crippen LogP contribution in [-0.4, -0.2) is 18.2 Å². The Labute approximate surface area is 113 Å². The maximum Gasteiger partial charge on any atom is 0.240 e. The van der Waals surface area contributed by atoms with E-state index in [0.717, 1.165) is 16.7 Å². The fourth-order valence-corrected chi connectivity index (χ4v) is 2.81. The van der Waals surface area contributed by atoms with Crippen LogP contribution in [0.2, 0.25) is 0 Å². The quantitative estimate of drug-likeness (QED) is 0.922. The Hall–Kier alpha value is -1.66. The van der Waals surface area contributed by atoms with E-state index >= 15 is 0 Å². The molecule has 6 heteroatoms. The Morgan fingerprint density at radius 1 is 1.26 bits per heavy atom. The maximum atomic E-state index is 12.1. The van der Waals surface area contributed by atoms with Crippen LogP contribution in [0.15, 0.2) is 35.5 Å². The van der Waals surface area contributed by atoms with E-state index in [1.165, 1.54) is 0 Å². The molecule has 0 bridgehead atoms. The number of hydrogen-bond donors (Lipinski definition) is 1.